The average Bonchev–Trinajstić information content (AvgIpc) is 3.43. The van der Waals surface area contributed by atoms with Gasteiger partial charge in [0.15, 0.2) is 17.5 Å². The van der Waals surface area contributed by atoms with Gasteiger partial charge in [-0.1, -0.05) is 44.2 Å². The zero-order valence-electron chi connectivity index (χ0n) is 18.0. The van der Waals surface area contributed by atoms with Crippen LogP contribution in [0.25, 0.3) is 22.7 Å². The van der Waals surface area contributed by atoms with Crippen molar-refractivity contribution in [3.05, 3.63) is 69.0 Å². The van der Waals surface area contributed by atoms with E-state index in [1.165, 1.54) is 13.8 Å². The molecule has 0 radical (unpaired) electrons. The Bertz CT molecular complexity index is 1380. The average molecular weight is 435 g/mol. The topological polar surface area (TPSA) is 134 Å². The highest BCUT2D eigenvalue weighted by atomic mass is 16.2. The van der Waals surface area contributed by atoms with E-state index in [0.29, 0.717) is 48.7 Å². The van der Waals surface area contributed by atoms with E-state index in [1.54, 1.807) is 24.4 Å². The number of amides is 1. The van der Waals surface area contributed by atoms with Crippen LogP contribution in [0.4, 0.5) is 0 Å². The summed E-state index contributed by atoms with van der Waals surface area (Å²) in [5, 5.41) is 4.49. The molecule has 0 fully saturated rings. The molecule has 0 aliphatic heterocycles. The Kier molecular flexibility index (Phi) is 5.76. The van der Waals surface area contributed by atoms with Crippen molar-refractivity contribution >= 4 is 17.1 Å². The molecular formula is C22H25N7O3. The summed E-state index contributed by atoms with van der Waals surface area (Å²) < 4.78 is 4.21. The lowest BCUT2D eigenvalue weighted by molar-refractivity contribution is -0.120. The number of H-pyrrole nitrogens is 1. The van der Waals surface area contributed by atoms with Crippen LogP contribution in [-0.4, -0.2) is 34.8 Å². The van der Waals surface area contributed by atoms with Gasteiger partial charge in [-0.25, -0.2) is 9.78 Å². The highest BCUT2D eigenvalue weighted by molar-refractivity contribution is 5.82. The van der Waals surface area contributed by atoms with Crippen LogP contribution in [0.2, 0.25) is 0 Å². The number of aromatic nitrogens is 6. The van der Waals surface area contributed by atoms with Crippen molar-refractivity contribution in [2.24, 2.45) is 5.73 Å². The maximum atomic E-state index is 12.9. The number of carbonyl (C=O) groups is 1. The van der Waals surface area contributed by atoms with Gasteiger partial charge in [-0.2, -0.15) is 5.10 Å². The van der Waals surface area contributed by atoms with Gasteiger partial charge in [-0.05, 0) is 24.5 Å². The van der Waals surface area contributed by atoms with Gasteiger partial charge in [-0.3, -0.25) is 23.4 Å². The Labute approximate surface area is 183 Å². The van der Waals surface area contributed by atoms with Crippen LogP contribution < -0.4 is 17.0 Å². The first-order chi connectivity index (χ1) is 15.5. The summed E-state index contributed by atoms with van der Waals surface area (Å²) >= 11 is 0. The van der Waals surface area contributed by atoms with Crippen LogP contribution in [-0.2, 0) is 17.9 Å². The zero-order chi connectivity index (χ0) is 22.8. The van der Waals surface area contributed by atoms with Crippen molar-refractivity contribution in [2.75, 3.05) is 0 Å². The molecule has 3 heterocycles. The lowest BCUT2D eigenvalue weighted by Gasteiger charge is -2.14. The summed E-state index contributed by atoms with van der Waals surface area (Å²) in [6, 6.07) is 10.0. The second-order valence-electron chi connectivity index (χ2n) is 7.57. The molecule has 10 nitrogen and oxygen atoms in total. The number of fused-ring (bicyclic) bond motifs is 1. The molecule has 0 aliphatic carbocycles. The molecule has 4 aromatic rings. The molecule has 0 bridgehead atoms. The molecule has 4 rings (SSSR count). The van der Waals surface area contributed by atoms with Crippen molar-refractivity contribution in [3.8, 4) is 11.5 Å². The number of hydrogen-bond acceptors (Lipinski definition) is 5. The maximum Gasteiger partial charge on any atom is 0.332 e. The molecule has 1 aromatic carbocycles. The van der Waals surface area contributed by atoms with Crippen molar-refractivity contribution in [1.29, 1.82) is 0 Å². The van der Waals surface area contributed by atoms with Crippen LogP contribution in [0.5, 0.6) is 0 Å². The number of aromatic amines is 1. The van der Waals surface area contributed by atoms with Crippen LogP contribution in [0.3, 0.4) is 0 Å². The van der Waals surface area contributed by atoms with E-state index in [-0.39, 0.29) is 11.2 Å². The fourth-order valence-corrected chi connectivity index (χ4v) is 3.82. The van der Waals surface area contributed by atoms with Gasteiger partial charge in [0.25, 0.3) is 5.56 Å². The number of benzene rings is 1. The molecule has 166 valence electrons. The Hall–Kier alpha value is -3.95. The molecule has 0 spiro atoms. The number of nitrogens with one attached hydrogen (secondary N) is 1. The quantitative estimate of drug-likeness (QED) is 0.434. The summed E-state index contributed by atoms with van der Waals surface area (Å²) in [5.41, 5.74) is 6.56. The number of hydrogen-bond donors (Lipinski definition) is 2. The third kappa shape index (κ3) is 3.64. The van der Waals surface area contributed by atoms with E-state index < -0.39 is 17.5 Å². The van der Waals surface area contributed by atoms with Crippen LogP contribution in [0, 0.1) is 0 Å². The third-order valence-corrected chi connectivity index (χ3v) is 5.26. The first-order valence-corrected chi connectivity index (χ1v) is 10.6. The number of imidazole rings is 1. The van der Waals surface area contributed by atoms with Gasteiger partial charge < -0.3 is 10.7 Å². The number of primary amides is 1. The summed E-state index contributed by atoms with van der Waals surface area (Å²) in [5.74, 6) is -0.208. The molecule has 32 heavy (non-hydrogen) atoms. The van der Waals surface area contributed by atoms with Crippen molar-refractivity contribution in [1.82, 2.24) is 28.9 Å². The van der Waals surface area contributed by atoms with Crippen LogP contribution in [0.1, 0.15) is 38.3 Å². The summed E-state index contributed by atoms with van der Waals surface area (Å²) in [6.07, 6.45) is 3.01. The fourth-order valence-electron chi connectivity index (χ4n) is 3.82. The normalized spacial score (nSPS) is 12.3. The molecule has 0 aliphatic rings. The minimum absolute atomic E-state index is 0.255. The minimum atomic E-state index is -0.783. The molecule has 0 saturated heterocycles. The Morgan fingerprint density at radius 2 is 1.75 bits per heavy atom. The van der Waals surface area contributed by atoms with Crippen molar-refractivity contribution in [2.45, 2.75) is 45.8 Å². The second kappa shape index (κ2) is 8.66. The Morgan fingerprint density at radius 3 is 2.41 bits per heavy atom. The first-order valence-electron chi connectivity index (χ1n) is 10.6. The monoisotopic (exact) mass is 435 g/mol. The SMILES string of the molecule is CCCn1c(=O)c2[nH]c(-c3ccn(C(C(N)=O)c4ccccc4)n3)nc2n(CCC)c1=O. The molecule has 0 saturated carbocycles. The predicted molar refractivity (Wildman–Crippen MR) is 120 cm³/mol. The molecule has 3 aromatic heterocycles. The van der Waals surface area contributed by atoms with Crippen molar-refractivity contribution < 1.29 is 4.79 Å². The Balaban J connectivity index is 1.83. The number of nitrogens with two attached hydrogens (primary N) is 1. The fraction of sp³-hybridized carbons (Fsp3) is 0.318. The van der Waals surface area contributed by atoms with E-state index in [0.717, 1.165) is 0 Å². The maximum absolute atomic E-state index is 12.9. The number of carbonyl (C=O) groups excluding carboxylic acids is 1. The van der Waals surface area contributed by atoms with E-state index in [2.05, 4.69) is 15.1 Å². The Morgan fingerprint density at radius 1 is 1.06 bits per heavy atom. The number of rotatable bonds is 8. The highest BCUT2D eigenvalue weighted by Gasteiger charge is 2.23. The van der Waals surface area contributed by atoms with Gasteiger partial charge in [0.1, 0.15) is 11.2 Å². The summed E-state index contributed by atoms with van der Waals surface area (Å²) in [6.45, 7) is 4.64. The smallest absolute Gasteiger partial charge is 0.332 e. The van der Waals surface area contributed by atoms with Crippen LogP contribution >= 0.6 is 0 Å². The molecule has 10 heteroatoms. The van der Waals surface area contributed by atoms with Gasteiger partial charge in [-0.15, -0.1) is 0 Å². The van der Waals surface area contributed by atoms with Gasteiger partial charge in [0.05, 0.1) is 0 Å². The molecule has 1 unspecified atom stereocenters. The lowest BCUT2D eigenvalue weighted by Crippen LogP contribution is -2.40. The minimum Gasteiger partial charge on any atom is -0.368 e. The number of aryl methyl sites for hydroxylation is 1. The molecule has 3 N–H and O–H groups in total. The first kappa shape index (κ1) is 21.3. The van der Waals surface area contributed by atoms with E-state index in [1.807, 2.05) is 32.0 Å². The van der Waals surface area contributed by atoms with E-state index in [4.69, 9.17) is 5.73 Å². The van der Waals surface area contributed by atoms with Crippen LogP contribution in [0.15, 0.2) is 52.2 Å². The van der Waals surface area contributed by atoms with Gasteiger partial charge >= 0.3 is 5.69 Å². The molecule has 1 atom stereocenters. The largest absolute Gasteiger partial charge is 0.368 e. The summed E-state index contributed by atoms with van der Waals surface area (Å²) in [4.78, 5) is 45.5. The zero-order valence-corrected chi connectivity index (χ0v) is 18.0. The molecular weight excluding hydrogens is 410 g/mol. The molecule has 1 amide bonds. The van der Waals surface area contributed by atoms with E-state index >= 15 is 0 Å². The predicted octanol–water partition coefficient (Wildman–Crippen LogP) is 1.64. The number of nitrogens with zero attached hydrogens (tertiary/aromatic N) is 5. The van der Waals surface area contributed by atoms with Gasteiger partial charge in [0.2, 0.25) is 5.91 Å². The second-order valence-corrected chi connectivity index (χ2v) is 7.57. The van der Waals surface area contributed by atoms with Gasteiger partial charge in [0, 0.05) is 19.3 Å². The standard InChI is InChI=1S/C22H25N7O3/c1-3-11-27-20-16(21(31)28(12-4-2)22(27)32)24-19(25-20)15-10-13-29(26-15)17(18(23)30)14-8-6-5-7-9-14/h5-10,13,17H,3-4,11-12H2,1-2H3,(H2,23,30)(H,24,25). The highest BCUT2D eigenvalue weighted by Crippen LogP contribution is 2.21. The summed E-state index contributed by atoms with van der Waals surface area (Å²) in [7, 11) is 0. The van der Waals surface area contributed by atoms with Crippen molar-refractivity contribution in [3.63, 3.8) is 0 Å². The lowest BCUT2D eigenvalue weighted by atomic mass is 10.1. The van der Waals surface area contributed by atoms with E-state index in [9.17, 15) is 14.4 Å². The third-order valence-electron chi connectivity index (χ3n) is 5.26.